The van der Waals surface area contributed by atoms with Crippen LogP contribution in [0.4, 0.5) is 0 Å². The van der Waals surface area contributed by atoms with E-state index in [2.05, 4.69) is 48.5 Å². The number of hydrogen-bond acceptors (Lipinski definition) is 0. The third-order valence-electron chi connectivity index (χ3n) is 2.78. The molecule has 0 unspecified atom stereocenters. The summed E-state index contributed by atoms with van der Waals surface area (Å²) in [7, 11) is 0. The minimum Gasteiger partial charge on any atom is -0.0622 e. The van der Waals surface area contributed by atoms with Crippen LogP contribution in [-0.2, 0) is 12.8 Å². The summed E-state index contributed by atoms with van der Waals surface area (Å²) in [4.78, 5) is 0. The summed E-state index contributed by atoms with van der Waals surface area (Å²) in [6.45, 7) is 0. The molecule has 16 heavy (non-hydrogen) atoms. The first-order chi connectivity index (χ1) is 7.95. The van der Waals surface area contributed by atoms with Crippen LogP contribution in [-0.4, -0.2) is 0 Å². The monoisotopic (exact) mass is 209 g/mol. The summed E-state index contributed by atoms with van der Waals surface area (Å²) in [5.41, 5.74) is 2.77. The Labute approximate surface area is 97.9 Å². The van der Waals surface area contributed by atoms with Crippen molar-refractivity contribution >= 4 is 0 Å². The average Bonchev–Trinajstić information content (AvgIpc) is 2.37. The summed E-state index contributed by atoms with van der Waals surface area (Å²) < 4.78 is 0. The Morgan fingerprint density at radius 2 is 1.50 bits per heavy atom. The molecule has 2 aromatic rings. The molecule has 81 valence electrons. The molecule has 0 saturated carbocycles. The van der Waals surface area contributed by atoms with Gasteiger partial charge in [-0.3, -0.25) is 0 Å². The van der Waals surface area contributed by atoms with Gasteiger partial charge in [-0.25, -0.2) is 0 Å². The van der Waals surface area contributed by atoms with Crippen LogP contribution < -0.4 is 0 Å². The molecule has 2 aromatic carbocycles. The molecule has 0 aliphatic carbocycles. The first-order valence-electron chi connectivity index (χ1n) is 5.95. The number of hydrogen-bond donors (Lipinski definition) is 0. The molecule has 0 nitrogen and oxygen atoms in total. The molecule has 0 fully saturated rings. The molecule has 0 saturated heterocycles. The zero-order valence-corrected chi connectivity index (χ0v) is 9.52. The fourth-order valence-electron chi connectivity index (χ4n) is 1.88. The first kappa shape index (κ1) is 10.9. The normalized spacial score (nSPS) is 10.2. The van der Waals surface area contributed by atoms with Crippen molar-refractivity contribution in [3.63, 3.8) is 0 Å². The van der Waals surface area contributed by atoms with Crippen LogP contribution in [0.5, 0.6) is 0 Å². The second-order valence-corrected chi connectivity index (χ2v) is 4.08. The van der Waals surface area contributed by atoms with E-state index < -0.39 is 0 Å². The van der Waals surface area contributed by atoms with Crippen molar-refractivity contribution in [2.45, 2.75) is 25.7 Å². The van der Waals surface area contributed by atoms with Crippen LogP contribution in [0.3, 0.4) is 0 Å². The van der Waals surface area contributed by atoms with Gasteiger partial charge in [-0.2, -0.15) is 0 Å². The van der Waals surface area contributed by atoms with Crippen molar-refractivity contribution in [2.75, 3.05) is 0 Å². The lowest BCUT2D eigenvalue weighted by molar-refractivity contribution is 0.734. The van der Waals surface area contributed by atoms with E-state index in [1.54, 1.807) is 0 Å². The Balaban J connectivity index is 1.70. The fourth-order valence-corrected chi connectivity index (χ4v) is 1.88. The van der Waals surface area contributed by atoms with Crippen molar-refractivity contribution < 1.29 is 0 Å². The van der Waals surface area contributed by atoms with Crippen LogP contribution in [0.2, 0.25) is 0 Å². The molecule has 0 spiro atoms. The third kappa shape index (κ3) is 3.54. The van der Waals surface area contributed by atoms with E-state index in [1.807, 2.05) is 12.1 Å². The van der Waals surface area contributed by atoms with Gasteiger partial charge in [0, 0.05) is 0 Å². The van der Waals surface area contributed by atoms with Gasteiger partial charge in [0.05, 0.1) is 0 Å². The Morgan fingerprint density at radius 1 is 0.750 bits per heavy atom. The van der Waals surface area contributed by atoms with Crippen LogP contribution in [0.15, 0.2) is 54.6 Å². The minimum atomic E-state index is 1.15. The van der Waals surface area contributed by atoms with Gasteiger partial charge in [0.25, 0.3) is 0 Å². The molecule has 0 heteroatoms. The molecular formula is C16H17. The molecule has 0 bridgehead atoms. The summed E-state index contributed by atoms with van der Waals surface area (Å²) in [6.07, 6.45) is 4.84. The lowest BCUT2D eigenvalue weighted by Gasteiger charge is -2.01. The molecule has 0 atom stereocenters. The zero-order chi connectivity index (χ0) is 11.1. The predicted molar refractivity (Wildman–Crippen MR) is 68.4 cm³/mol. The fraction of sp³-hybridized carbons (Fsp3) is 0.250. The van der Waals surface area contributed by atoms with Crippen molar-refractivity contribution in [3.05, 3.63) is 71.8 Å². The molecule has 2 rings (SSSR count). The third-order valence-corrected chi connectivity index (χ3v) is 2.78. The number of unbranched alkanes of at least 4 members (excludes halogenated alkanes) is 1. The second kappa shape index (κ2) is 6.12. The van der Waals surface area contributed by atoms with Crippen molar-refractivity contribution in [3.8, 4) is 0 Å². The lowest BCUT2D eigenvalue weighted by atomic mass is 10.0. The highest BCUT2D eigenvalue weighted by atomic mass is 14.0. The van der Waals surface area contributed by atoms with E-state index >= 15 is 0 Å². The molecule has 0 aliphatic heterocycles. The van der Waals surface area contributed by atoms with Crippen molar-refractivity contribution in [2.24, 2.45) is 0 Å². The molecule has 0 aliphatic rings. The minimum absolute atomic E-state index is 1.15. The zero-order valence-electron chi connectivity index (χ0n) is 9.52. The lowest BCUT2D eigenvalue weighted by Crippen LogP contribution is -1.88. The van der Waals surface area contributed by atoms with Crippen LogP contribution >= 0.6 is 0 Å². The molecule has 0 N–H and O–H groups in total. The van der Waals surface area contributed by atoms with Gasteiger partial charge in [-0.05, 0) is 42.9 Å². The SMILES string of the molecule is [c]1ccccc1CCCCc1ccccc1. The first-order valence-corrected chi connectivity index (χ1v) is 5.95. The van der Waals surface area contributed by atoms with E-state index in [9.17, 15) is 0 Å². The second-order valence-electron chi connectivity index (χ2n) is 4.08. The van der Waals surface area contributed by atoms with E-state index in [0.717, 1.165) is 6.42 Å². The number of benzene rings is 2. The van der Waals surface area contributed by atoms with Gasteiger partial charge in [0.15, 0.2) is 0 Å². The van der Waals surface area contributed by atoms with E-state index in [-0.39, 0.29) is 0 Å². The van der Waals surface area contributed by atoms with Crippen LogP contribution in [0.25, 0.3) is 0 Å². The van der Waals surface area contributed by atoms with Gasteiger partial charge in [-0.15, -0.1) is 0 Å². The maximum atomic E-state index is 3.27. The van der Waals surface area contributed by atoms with E-state index in [4.69, 9.17) is 0 Å². The van der Waals surface area contributed by atoms with Gasteiger partial charge in [-0.1, -0.05) is 54.6 Å². The molecule has 1 radical (unpaired) electrons. The number of rotatable bonds is 5. The van der Waals surface area contributed by atoms with Crippen molar-refractivity contribution in [1.82, 2.24) is 0 Å². The summed E-state index contributed by atoms with van der Waals surface area (Å²) in [6, 6.07) is 22.2. The van der Waals surface area contributed by atoms with Crippen LogP contribution in [0, 0.1) is 6.07 Å². The molecule has 0 amide bonds. The van der Waals surface area contributed by atoms with Crippen molar-refractivity contribution in [1.29, 1.82) is 0 Å². The van der Waals surface area contributed by atoms with E-state index in [1.165, 1.54) is 30.4 Å². The Morgan fingerprint density at radius 3 is 2.25 bits per heavy atom. The van der Waals surface area contributed by atoms with E-state index in [0.29, 0.717) is 0 Å². The average molecular weight is 209 g/mol. The summed E-state index contributed by atoms with van der Waals surface area (Å²) in [5.74, 6) is 0. The topological polar surface area (TPSA) is 0 Å². The smallest absolute Gasteiger partial charge is 0.0149 e. The standard InChI is InChI=1S/C16H17/c1-3-9-15(10-4-1)13-7-8-14-16-11-5-2-6-12-16/h1-6,9-11H,7-8,13-14H2. The maximum Gasteiger partial charge on any atom is -0.0149 e. The summed E-state index contributed by atoms with van der Waals surface area (Å²) in [5, 5.41) is 0. The Bertz CT molecular complexity index is 347. The largest absolute Gasteiger partial charge is 0.0622 e. The molecule has 0 aromatic heterocycles. The maximum absolute atomic E-state index is 3.27. The highest BCUT2D eigenvalue weighted by Crippen LogP contribution is 2.08. The van der Waals surface area contributed by atoms with Gasteiger partial charge >= 0.3 is 0 Å². The summed E-state index contributed by atoms with van der Waals surface area (Å²) >= 11 is 0. The van der Waals surface area contributed by atoms with Gasteiger partial charge in [0.2, 0.25) is 0 Å². The highest BCUT2D eigenvalue weighted by Gasteiger charge is 1.94. The Hall–Kier alpha value is -1.56. The Kier molecular flexibility index (Phi) is 4.18. The van der Waals surface area contributed by atoms with Gasteiger partial charge in [0.1, 0.15) is 0 Å². The highest BCUT2D eigenvalue weighted by molar-refractivity contribution is 5.15. The quantitative estimate of drug-likeness (QED) is 0.652. The van der Waals surface area contributed by atoms with Crippen LogP contribution in [0.1, 0.15) is 24.0 Å². The molecule has 0 heterocycles. The van der Waals surface area contributed by atoms with Gasteiger partial charge < -0.3 is 0 Å². The predicted octanol–water partition coefficient (Wildman–Crippen LogP) is 4.05. The number of aryl methyl sites for hydroxylation is 2. The molecular weight excluding hydrogens is 192 g/mol.